The van der Waals surface area contributed by atoms with Crippen LogP contribution >= 0.6 is 11.6 Å². The van der Waals surface area contributed by atoms with E-state index in [1.165, 1.54) is 12.1 Å². The van der Waals surface area contributed by atoms with Crippen LogP contribution in [0.2, 0.25) is 5.02 Å². The number of halogens is 2. The average Bonchev–Trinajstić information content (AvgIpc) is 2.18. The van der Waals surface area contributed by atoms with Crippen molar-refractivity contribution in [1.82, 2.24) is 0 Å². The van der Waals surface area contributed by atoms with Crippen LogP contribution in [0, 0.1) is 5.82 Å². The topological polar surface area (TPSA) is 43.1 Å². The summed E-state index contributed by atoms with van der Waals surface area (Å²) < 4.78 is 12.8. The molecule has 0 amide bonds. The Morgan fingerprint density at radius 3 is 2.65 bits per heavy atom. The first kappa shape index (κ1) is 14.1. The van der Waals surface area contributed by atoms with E-state index in [0.29, 0.717) is 23.4 Å². The maximum atomic E-state index is 12.8. The van der Waals surface area contributed by atoms with Gasteiger partial charge in [-0.15, -0.1) is 0 Å². The molecule has 2 N–H and O–H groups in total. The summed E-state index contributed by atoms with van der Waals surface area (Å²) in [4.78, 5) is 11.7. The molecule has 0 aliphatic heterocycles. The van der Waals surface area contributed by atoms with Crippen molar-refractivity contribution in [2.24, 2.45) is 5.73 Å². The lowest BCUT2D eigenvalue weighted by Gasteiger charge is -2.17. The molecule has 1 rings (SSSR count). The zero-order chi connectivity index (χ0) is 13.1. The smallest absolute Gasteiger partial charge is 0.137 e. The summed E-state index contributed by atoms with van der Waals surface area (Å²) in [7, 11) is 0. The van der Waals surface area contributed by atoms with Gasteiger partial charge in [0.15, 0.2) is 0 Å². The fraction of sp³-hybridized carbons (Fsp3) is 0.462. The van der Waals surface area contributed by atoms with Crippen LogP contribution in [-0.2, 0) is 11.2 Å². The number of carbonyl (C=O) groups is 1. The minimum absolute atomic E-state index is 0.0667. The summed E-state index contributed by atoms with van der Waals surface area (Å²) >= 11 is 5.85. The highest BCUT2D eigenvalue weighted by Gasteiger charge is 2.14. The van der Waals surface area contributed by atoms with E-state index in [4.69, 9.17) is 17.3 Å². The highest BCUT2D eigenvalue weighted by molar-refractivity contribution is 6.31. The Morgan fingerprint density at radius 2 is 2.12 bits per heavy atom. The van der Waals surface area contributed by atoms with E-state index in [1.54, 1.807) is 6.07 Å². The third kappa shape index (κ3) is 5.29. The minimum Gasteiger partial charge on any atom is -0.326 e. The van der Waals surface area contributed by atoms with Crippen LogP contribution in [0.1, 0.15) is 32.3 Å². The summed E-state index contributed by atoms with van der Waals surface area (Å²) in [5.41, 5.74) is 6.11. The summed E-state index contributed by atoms with van der Waals surface area (Å²) in [6.07, 6.45) is 1.27. The van der Waals surface area contributed by atoms with E-state index in [1.807, 2.05) is 13.8 Å². The van der Waals surface area contributed by atoms with Gasteiger partial charge in [-0.1, -0.05) is 17.7 Å². The predicted octanol–water partition coefficient (Wildman–Crippen LogP) is 3.11. The number of Topliss-reactive ketones (excluding diaryl/α,β-unsaturated/α-hetero) is 1. The molecular formula is C13H17ClFNO. The van der Waals surface area contributed by atoms with Crippen LogP contribution < -0.4 is 5.73 Å². The lowest BCUT2D eigenvalue weighted by atomic mass is 9.96. The molecule has 0 saturated heterocycles. The molecule has 0 aliphatic rings. The Labute approximate surface area is 106 Å². The highest BCUT2D eigenvalue weighted by Crippen LogP contribution is 2.19. The molecule has 0 atom stereocenters. The predicted molar refractivity (Wildman–Crippen MR) is 67.6 cm³/mol. The van der Waals surface area contributed by atoms with Crippen LogP contribution in [0.3, 0.4) is 0 Å². The molecule has 1 aromatic carbocycles. The molecule has 0 heterocycles. The van der Waals surface area contributed by atoms with Gasteiger partial charge in [0.05, 0.1) is 0 Å². The SMILES string of the molecule is CC(C)(N)CCC(=O)Cc1ccc(F)cc1Cl. The zero-order valence-electron chi connectivity index (χ0n) is 10.1. The molecule has 0 saturated carbocycles. The second-order valence-electron chi connectivity index (χ2n) is 4.94. The van der Waals surface area contributed by atoms with Gasteiger partial charge in [0.25, 0.3) is 0 Å². The van der Waals surface area contributed by atoms with E-state index in [9.17, 15) is 9.18 Å². The van der Waals surface area contributed by atoms with Gasteiger partial charge in [0, 0.05) is 23.4 Å². The molecular weight excluding hydrogens is 241 g/mol. The molecule has 0 bridgehead atoms. The second-order valence-corrected chi connectivity index (χ2v) is 5.35. The molecule has 0 aliphatic carbocycles. The first-order valence-corrected chi connectivity index (χ1v) is 5.90. The van der Waals surface area contributed by atoms with E-state index in [0.717, 1.165) is 0 Å². The van der Waals surface area contributed by atoms with Gasteiger partial charge in [0.2, 0.25) is 0 Å². The Bertz CT molecular complexity index is 412. The minimum atomic E-state index is -0.394. The monoisotopic (exact) mass is 257 g/mol. The van der Waals surface area contributed by atoms with Crippen molar-refractivity contribution in [1.29, 1.82) is 0 Å². The zero-order valence-corrected chi connectivity index (χ0v) is 10.9. The van der Waals surface area contributed by atoms with Crippen LogP contribution in [0.25, 0.3) is 0 Å². The third-order valence-corrected chi connectivity index (χ3v) is 2.80. The van der Waals surface area contributed by atoms with Gasteiger partial charge in [0.1, 0.15) is 11.6 Å². The number of hydrogen-bond donors (Lipinski definition) is 1. The first-order valence-electron chi connectivity index (χ1n) is 5.52. The summed E-state index contributed by atoms with van der Waals surface area (Å²) in [6.45, 7) is 3.76. The van der Waals surface area contributed by atoms with Crippen molar-refractivity contribution >= 4 is 17.4 Å². The molecule has 1 aromatic rings. The molecule has 94 valence electrons. The number of nitrogens with two attached hydrogens (primary N) is 1. The lowest BCUT2D eigenvalue weighted by Crippen LogP contribution is -2.32. The number of hydrogen-bond acceptors (Lipinski definition) is 2. The van der Waals surface area contributed by atoms with Gasteiger partial charge in [-0.25, -0.2) is 4.39 Å². The second kappa shape index (κ2) is 5.61. The van der Waals surface area contributed by atoms with Gasteiger partial charge in [-0.2, -0.15) is 0 Å². The number of ketones is 1. The fourth-order valence-corrected chi connectivity index (χ4v) is 1.66. The first-order chi connectivity index (χ1) is 7.78. The quantitative estimate of drug-likeness (QED) is 0.881. The molecule has 0 radical (unpaired) electrons. The number of benzene rings is 1. The Kier molecular flexibility index (Phi) is 4.66. The lowest BCUT2D eigenvalue weighted by molar-refractivity contribution is -0.118. The number of carbonyl (C=O) groups excluding carboxylic acids is 1. The van der Waals surface area contributed by atoms with E-state index >= 15 is 0 Å². The fourth-order valence-electron chi connectivity index (χ4n) is 1.43. The largest absolute Gasteiger partial charge is 0.326 e. The van der Waals surface area contributed by atoms with Crippen molar-refractivity contribution in [2.45, 2.75) is 38.6 Å². The van der Waals surface area contributed by atoms with E-state index < -0.39 is 5.82 Å². The molecule has 0 spiro atoms. The molecule has 2 nitrogen and oxygen atoms in total. The van der Waals surface area contributed by atoms with Gasteiger partial charge in [-0.05, 0) is 38.0 Å². The maximum absolute atomic E-state index is 12.8. The summed E-state index contributed by atoms with van der Waals surface area (Å²) in [5.74, 6) is -0.327. The molecule has 0 fully saturated rings. The van der Waals surface area contributed by atoms with Crippen molar-refractivity contribution in [2.75, 3.05) is 0 Å². The normalized spacial score (nSPS) is 11.6. The van der Waals surface area contributed by atoms with Crippen LogP contribution in [-0.4, -0.2) is 11.3 Å². The highest BCUT2D eigenvalue weighted by atomic mass is 35.5. The summed E-state index contributed by atoms with van der Waals surface area (Å²) in [6, 6.07) is 4.07. The maximum Gasteiger partial charge on any atom is 0.137 e. The van der Waals surface area contributed by atoms with Crippen LogP contribution in [0.5, 0.6) is 0 Å². The van der Waals surface area contributed by atoms with Crippen LogP contribution in [0.4, 0.5) is 4.39 Å². The standard InChI is InChI=1S/C13H17ClFNO/c1-13(2,16)6-5-11(17)7-9-3-4-10(15)8-12(9)14/h3-4,8H,5-7,16H2,1-2H3. The summed E-state index contributed by atoms with van der Waals surface area (Å²) in [5, 5.41) is 0.297. The third-order valence-electron chi connectivity index (χ3n) is 2.45. The van der Waals surface area contributed by atoms with E-state index in [-0.39, 0.29) is 17.7 Å². The molecule has 4 heteroatoms. The molecule has 0 unspecified atom stereocenters. The Hall–Kier alpha value is -0.930. The van der Waals surface area contributed by atoms with Crippen molar-refractivity contribution in [3.63, 3.8) is 0 Å². The number of rotatable bonds is 5. The molecule has 0 aromatic heterocycles. The van der Waals surface area contributed by atoms with Crippen molar-refractivity contribution in [3.8, 4) is 0 Å². The van der Waals surface area contributed by atoms with Crippen molar-refractivity contribution in [3.05, 3.63) is 34.6 Å². The van der Waals surface area contributed by atoms with Crippen LogP contribution in [0.15, 0.2) is 18.2 Å². The van der Waals surface area contributed by atoms with Gasteiger partial charge in [-0.3, -0.25) is 4.79 Å². The van der Waals surface area contributed by atoms with E-state index in [2.05, 4.69) is 0 Å². The Morgan fingerprint density at radius 1 is 1.47 bits per heavy atom. The average molecular weight is 258 g/mol. The van der Waals surface area contributed by atoms with Gasteiger partial charge >= 0.3 is 0 Å². The van der Waals surface area contributed by atoms with Gasteiger partial charge < -0.3 is 5.73 Å². The Balaban J connectivity index is 2.57. The molecule has 17 heavy (non-hydrogen) atoms. The van der Waals surface area contributed by atoms with Crippen molar-refractivity contribution < 1.29 is 9.18 Å².